The molecule has 4 heteroatoms. The Kier molecular flexibility index (Phi) is 8.62. The van der Waals surface area contributed by atoms with Crippen LogP contribution in [0, 0.1) is 11.8 Å². The predicted octanol–water partition coefficient (Wildman–Crippen LogP) is 1.55. The highest BCUT2D eigenvalue weighted by Gasteiger charge is 2.22. The van der Waals surface area contributed by atoms with Crippen molar-refractivity contribution in [2.75, 3.05) is 26.3 Å². The Morgan fingerprint density at radius 1 is 1.26 bits per heavy atom. The molecule has 0 heterocycles. The zero-order valence-electron chi connectivity index (χ0n) is 12.5. The fraction of sp³-hybridized carbons (Fsp3) is 1.00. The molecule has 1 aliphatic carbocycles. The minimum atomic E-state index is -0.435. The molecule has 0 spiro atoms. The van der Waals surface area contributed by atoms with Crippen LogP contribution in [0.4, 0.5) is 0 Å². The quantitative estimate of drug-likeness (QED) is 0.596. The normalized spacial score (nSPS) is 27.2. The molecule has 3 N–H and O–H groups in total. The molecular weight excluding hydrogens is 242 g/mol. The number of aliphatic hydroxyl groups is 2. The van der Waals surface area contributed by atoms with Crippen LogP contribution >= 0.6 is 0 Å². The van der Waals surface area contributed by atoms with E-state index in [1.54, 1.807) is 0 Å². The van der Waals surface area contributed by atoms with E-state index in [1.807, 2.05) is 0 Å². The fourth-order valence-electron chi connectivity index (χ4n) is 2.64. The SMILES string of the molecule is CC(CCO)CNCC(O)COC1CCCCC1C. The number of hydrogen-bond donors (Lipinski definition) is 3. The summed E-state index contributed by atoms with van der Waals surface area (Å²) in [5.41, 5.74) is 0. The van der Waals surface area contributed by atoms with Gasteiger partial charge < -0.3 is 20.3 Å². The molecule has 4 nitrogen and oxygen atoms in total. The number of nitrogens with one attached hydrogen (secondary N) is 1. The molecule has 0 aliphatic heterocycles. The van der Waals surface area contributed by atoms with Gasteiger partial charge in [-0.05, 0) is 37.6 Å². The molecular formula is C15H31NO3. The highest BCUT2D eigenvalue weighted by Crippen LogP contribution is 2.26. The molecule has 0 aromatic heterocycles. The lowest BCUT2D eigenvalue weighted by molar-refractivity contribution is -0.0452. The summed E-state index contributed by atoms with van der Waals surface area (Å²) in [5, 5.41) is 21.9. The Morgan fingerprint density at radius 2 is 2.00 bits per heavy atom. The third-order valence-electron chi connectivity index (χ3n) is 4.03. The molecule has 1 aliphatic rings. The molecule has 0 aromatic rings. The van der Waals surface area contributed by atoms with Crippen LogP contribution in [0.1, 0.15) is 46.0 Å². The van der Waals surface area contributed by atoms with Gasteiger partial charge in [-0.2, -0.15) is 0 Å². The van der Waals surface area contributed by atoms with Crippen molar-refractivity contribution < 1.29 is 14.9 Å². The molecule has 0 bridgehead atoms. The van der Waals surface area contributed by atoms with Gasteiger partial charge in [-0.3, -0.25) is 0 Å². The van der Waals surface area contributed by atoms with E-state index in [-0.39, 0.29) is 6.61 Å². The largest absolute Gasteiger partial charge is 0.396 e. The van der Waals surface area contributed by atoms with Gasteiger partial charge in [0.2, 0.25) is 0 Å². The van der Waals surface area contributed by atoms with Crippen LogP contribution in [0.3, 0.4) is 0 Å². The Bertz CT molecular complexity index is 225. The number of ether oxygens (including phenoxy) is 1. The van der Waals surface area contributed by atoms with Gasteiger partial charge in [0.1, 0.15) is 0 Å². The summed E-state index contributed by atoms with van der Waals surface area (Å²) in [4.78, 5) is 0. The van der Waals surface area contributed by atoms with Gasteiger partial charge >= 0.3 is 0 Å². The first-order chi connectivity index (χ1) is 9.13. The third kappa shape index (κ3) is 7.25. The first kappa shape index (κ1) is 16.9. The molecule has 0 amide bonds. The van der Waals surface area contributed by atoms with E-state index in [0.29, 0.717) is 31.1 Å². The van der Waals surface area contributed by atoms with Crippen LogP contribution in [0.15, 0.2) is 0 Å². The molecule has 0 radical (unpaired) electrons. The summed E-state index contributed by atoms with van der Waals surface area (Å²) in [5.74, 6) is 1.06. The van der Waals surface area contributed by atoms with Crippen LogP contribution in [-0.2, 0) is 4.74 Å². The second-order valence-electron chi connectivity index (χ2n) is 6.06. The summed E-state index contributed by atoms with van der Waals surface area (Å²) in [7, 11) is 0. The van der Waals surface area contributed by atoms with Crippen LogP contribution in [0.5, 0.6) is 0 Å². The third-order valence-corrected chi connectivity index (χ3v) is 4.03. The van der Waals surface area contributed by atoms with E-state index in [9.17, 15) is 5.11 Å². The summed E-state index contributed by atoms with van der Waals surface area (Å²) < 4.78 is 5.83. The first-order valence-electron chi connectivity index (χ1n) is 7.74. The minimum Gasteiger partial charge on any atom is -0.396 e. The maximum absolute atomic E-state index is 9.87. The lowest BCUT2D eigenvalue weighted by atomic mass is 9.88. The fourth-order valence-corrected chi connectivity index (χ4v) is 2.64. The van der Waals surface area contributed by atoms with Crippen molar-refractivity contribution in [3.05, 3.63) is 0 Å². The number of aliphatic hydroxyl groups excluding tert-OH is 2. The van der Waals surface area contributed by atoms with E-state index in [1.165, 1.54) is 19.3 Å². The van der Waals surface area contributed by atoms with Crippen molar-refractivity contribution >= 4 is 0 Å². The lowest BCUT2D eigenvalue weighted by Crippen LogP contribution is -2.36. The summed E-state index contributed by atoms with van der Waals surface area (Å²) in [6, 6.07) is 0. The van der Waals surface area contributed by atoms with Gasteiger partial charge in [-0.15, -0.1) is 0 Å². The molecule has 4 unspecified atom stereocenters. The van der Waals surface area contributed by atoms with E-state index in [0.717, 1.165) is 19.4 Å². The lowest BCUT2D eigenvalue weighted by Gasteiger charge is -2.29. The molecule has 1 fully saturated rings. The van der Waals surface area contributed by atoms with E-state index < -0.39 is 6.10 Å². The highest BCUT2D eigenvalue weighted by molar-refractivity contribution is 4.73. The van der Waals surface area contributed by atoms with Crippen molar-refractivity contribution in [3.63, 3.8) is 0 Å². The second kappa shape index (κ2) is 9.70. The zero-order valence-corrected chi connectivity index (χ0v) is 12.5. The topological polar surface area (TPSA) is 61.7 Å². The number of rotatable bonds is 9. The van der Waals surface area contributed by atoms with E-state index >= 15 is 0 Å². The Morgan fingerprint density at radius 3 is 2.68 bits per heavy atom. The molecule has 0 saturated heterocycles. The highest BCUT2D eigenvalue weighted by atomic mass is 16.5. The van der Waals surface area contributed by atoms with Crippen LogP contribution in [0.25, 0.3) is 0 Å². The summed E-state index contributed by atoms with van der Waals surface area (Å²) >= 11 is 0. The maximum atomic E-state index is 9.87. The summed E-state index contributed by atoms with van der Waals surface area (Å²) in [6.07, 6.45) is 5.65. The van der Waals surface area contributed by atoms with Gasteiger partial charge in [-0.25, -0.2) is 0 Å². The molecule has 1 rings (SSSR count). The van der Waals surface area contributed by atoms with Crippen LogP contribution in [-0.4, -0.2) is 48.7 Å². The summed E-state index contributed by atoms with van der Waals surface area (Å²) in [6.45, 7) is 6.39. The van der Waals surface area contributed by atoms with Crippen molar-refractivity contribution in [2.45, 2.75) is 58.2 Å². The molecule has 114 valence electrons. The monoisotopic (exact) mass is 273 g/mol. The van der Waals surface area contributed by atoms with Crippen molar-refractivity contribution in [1.29, 1.82) is 0 Å². The zero-order chi connectivity index (χ0) is 14.1. The molecule has 0 aromatic carbocycles. The van der Waals surface area contributed by atoms with Gasteiger partial charge in [-0.1, -0.05) is 26.7 Å². The van der Waals surface area contributed by atoms with Crippen LogP contribution < -0.4 is 5.32 Å². The predicted molar refractivity (Wildman–Crippen MR) is 77.1 cm³/mol. The maximum Gasteiger partial charge on any atom is 0.0897 e. The number of hydrogen-bond acceptors (Lipinski definition) is 4. The first-order valence-corrected chi connectivity index (χ1v) is 7.74. The van der Waals surface area contributed by atoms with Crippen molar-refractivity contribution in [1.82, 2.24) is 5.32 Å². The van der Waals surface area contributed by atoms with Crippen molar-refractivity contribution in [3.8, 4) is 0 Å². The molecule has 1 saturated carbocycles. The van der Waals surface area contributed by atoms with Gasteiger partial charge in [0.25, 0.3) is 0 Å². The van der Waals surface area contributed by atoms with E-state index in [2.05, 4.69) is 19.2 Å². The van der Waals surface area contributed by atoms with E-state index in [4.69, 9.17) is 9.84 Å². The average molecular weight is 273 g/mol. The van der Waals surface area contributed by atoms with Crippen LogP contribution in [0.2, 0.25) is 0 Å². The minimum absolute atomic E-state index is 0.230. The smallest absolute Gasteiger partial charge is 0.0897 e. The van der Waals surface area contributed by atoms with Gasteiger partial charge in [0, 0.05) is 13.2 Å². The standard InChI is InChI=1S/C15H31NO3/c1-12(7-8-17)9-16-10-14(18)11-19-15-6-4-3-5-13(15)2/h12-18H,3-11H2,1-2H3. The molecule has 4 atom stereocenters. The second-order valence-corrected chi connectivity index (χ2v) is 6.06. The van der Waals surface area contributed by atoms with Gasteiger partial charge in [0.15, 0.2) is 0 Å². The average Bonchev–Trinajstić information content (AvgIpc) is 2.38. The Labute approximate surface area is 117 Å². The molecule has 19 heavy (non-hydrogen) atoms. The Balaban J connectivity index is 2.05. The van der Waals surface area contributed by atoms with Gasteiger partial charge in [0.05, 0.1) is 18.8 Å². The Hall–Kier alpha value is -0.160. The van der Waals surface area contributed by atoms with Crippen molar-refractivity contribution in [2.24, 2.45) is 11.8 Å².